The van der Waals surface area contributed by atoms with E-state index in [0.717, 1.165) is 51.6 Å². The van der Waals surface area contributed by atoms with E-state index >= 15 is 0 Å². The van der Waals surface area contributed by atoms with Crippen LogP contribution in [0.15, 0.2) is 0 Å². The van der Waals surface area contributed by atoms with Crippen molar-refractivity contribution in [3.05, 3.63) is 0 Å². The molecular weight excluding hydrogens is 252 g/mol. The number of hydrogen-bond donors (Lipinski definition) is 2. The molecule has 1 saturated heterocycles. The van der Waals surface area contributed by atoms with Crippen molar-refractivity contribution >= 4 is 5.91 Å². The lowest BCUT2D eigenvalue weighted by Crippen LogP contribution is -2.53. The summed E-state index contributed by atoms with van der Waals surface area (Å²) in [5.41, 5.74) is -0.348. The quantitative estimate of drug-likeness (QED) is 0.829. The summed E-state index contributed by atoms with van der Waals surface area (Å²) in [6.07, 6.45) is 5.87. The highest BCUT2D eigenvalue weighted by atomic mass is 16.3. The maximum atomic E-state index is 12.9. The number of aliphatic hydroxyl groups excluding tert-OH is 1. The highest BCUT2D eigenvalue weighted by Gasteiger charge is 2.41. The lowest BCUT2D eigenvalue weighted by Gasteiger charge is -2.43. The fourth-order valence-electron chi connectivity index (χ4n) is 3.79. The summed E-state index contributed by atoms with van der Waals surface area (Å²) < 4.78 is 0. The molecule has 2 N–H and O–H groups in total. The number of nitrogens with one attached hydrogen (secondary N) is 1. The van der Waals surface area contributed by atoms with Gasteiger partial charge in [-0.25, -0.2) is 0 Å². The number of aliphatic hydroxyl groups is 1. The molecular formula is C16H30N2O2. The zero-order valence-corrected chi connectivity index (χ0v) is 13.2. The van der Waals surface area contributed by atoms with E-state index in [0.29, 0.717) is 5.92 Å². The number of carbonyl (C=O) groups is 1. The van der Waals surface area contributed by atoms with Crippen LogP contribution in [0, 0.1) is 11.3 Å². The number of piperidine rings is 1. The van der Waals surface area contributed by atoms with E-state index in [1.54, 1.807) is 0 Å². The molecule has 4 heteroatoms. The second-order valence-electron chi connectivity index (χ2n) is 7.10. The minimum atomic E-state index is -0.349. The van der Waals surface area contributed by atoms with Gasteiger partial charge >= 0.3 is 0 Å². The summed E-state index contributed by atoms with van der Waals surface area (Å²) in [4.78, 5) is 14.7. The van der Waals surface area contributed by atoms with Gasteiger partial charge in [0.05, 0.1) is 12.1 Å². The van der Waals surface area contributed by atoms with Crippen molar-refractivity contribution < 1.29 is 9.90 Å². The van der Waals surface area contributed by atoms with Crippen LogP contribution in [0.3, 0.4) is 0 Å². The second kappa shape index (κ2) is 6.44. The fourth-order valence-corrected chi connectivity index (χ4v) is 3.79. The highest BCUT2D eigenvalue weighted by molar-refractivity contribution is 5.82. The first-order chi connectivity index (χ1) is 9.44. The first-order valence-corrected chi connectivity index (χ1v) is 8.10. The predicted molar refractivity (Wildman–Crippen MR) is 80.4 cm³/mol. The van der Waals surface area contributed by atoms with Gasteiger partial charge < -0.3 is 15.3 Å². The topological polar surface area (TPSA) is 52.6 Å². The van der Waals surface area contributed by atoms with Gasteiger partial charge in [-0.05, 0) is 44.7 Å². The minimum absolute atomic E-state index is 0.00655. The molecule has 1 aliphatic carbocycles. The van der Waals surface area contributed by atoms with Crippen LogP contribution in [-0.4, -0.2) is 48.2 Å². The molecule has 1 heterocycles. The molecule has 4 nitrogen and oxygen atoms in total. The number of rotatable bonds is 3. The van der Waals surface area contributed by atoms with Crippen LogP contribution in [0.5, 0.6) is 0 Å². The summed E-state index contributed by atoms with van der Waals surface area (Å²) in [6, 6.07) is 0.00655. The Morgan fingerprint density at radius 1 is 1.20 bits per heavy atom. The summed E-state index contributed by atoms with van der Waals surface area (Å²) >= 11 is 0. The molecule has 1 saturated carbocycles. The largest absolute Gasteiger partial charge is 0.391 e. The van der Waals surface area contributed by atoms with Crippen molar-refractivity contribution in [2.75, 3.05) is 20.1 Å². The molecule has 0 aromatic carbocycles. The van der Waals surface area contributed by atoms with Crippen LogP contribution in [0.1, 0.15) is 52.4 Å². The van der Waals surface area contributed by atoms with Crippen molar-refractivity contribution in [1.82, 2.24) is 10.2 Å². The van der Waals surface area contributed by atoms with E-state index in [2.05, 4.69) is 19.2 Å². The van der Waals surface area contributed by atoms with Gasteiger partial charge in [0.2, 0.25) is 5.91 Å². The Morgan fingerprint density at radius 2 is 1.90 bits per heavy atom. The predicted octanol–water partition coefficient (Wildman–Crippen LogP) is 1.77. The van der Waals surface area contributed by atoms with Crippen molar-refractivity contribution in [2.24, 2.45) is 11.3 Å². The molecule has 0 bridgehead atoms. The molecule has 0 aromatic rings. The molecule has 1 amide bonds. The number of hydrogen-bond acceptors (Lipinski definition) is 3. The van der Waals surface area contributed by atoms with Gasteiger partial charge in [-0.2, -0.15) is 0 Å². The van der Waals surface area contributed by atoms with E-state index in [1.165, 1.54) is 0 Å². The summed E-state index contributed by atoms with van der Waals surface area (Å²) in [7, 11) is 1.87. The minimum Gasteiger partial charge on any atom is -0.391 e. The van der Waals surface area contributed by atoms with Crippen LogP contribution in [-0.2, 0) is 4.79 Å². The first kappa shape index (κ1) is 15.8. The lowest BCUT2D eigenvalue weighted by atomic mass is 9.73. The van der Waals surface area contributed by atoms with Gasteiger partial charge in [-0.15, -0.1) is 0 Å². The average molecular weight is 282 g/mol. The Bertz CT molecular complexity index is 337. The zero-order valence-electron chi connectivity index (χ0n) is 13.2. The third-order valence-corrected chi connectivity index (χ3v) is 5.38. The van der Waals surface area contributed by atoms with Gasteiger partial charge in [0.1, 0.15) is 0 Å². The van der Waals surface area contributed by atoms with Gasteiger partial charge in [0.15, 0.2) is 0 Å². The molecule has 0 aromatic heterocycles. The third kappa shape index (κ3) is 3.17. The Hall–Kier alpha value is -0.610. The number of carbonyl (C=O) groups excluding carboxylic acids is 1. The molecule has 116 valence electrons. The van der Waals surface area contributed by atoms with Crippen molar-refractivity contribution in [3.63, 3.8) is 0 Å². The average Bonchev–Trinajstić information content (AvgIpc) is 2.47. The van der Waals surface area contributed by atoms with Gasteiger partial charge in [0.25, 0.3) is 0 Å². The Morgan fingerprint density at radius 3 is 2.50 bits per heavy atom. The monoisotopic (exact) mass is 282 g/mol. The smallest absolute Gasteiger partial charge is 0.228 e. The molecule has 2 rings (SSSR count). The molecule has 2 fully saturated rings. The summed E-state index contributed by atoms with van der Waals surface area (Å²) in [5.74, 6) is 0.587. The van der Waals surface area contributed by atoms with Gasteiger partial charge in [-0.3, -0.25) is 4.79 Å². The van der Waals surface area contributed by atoms with E-state index < -0.39 is 0 Å². The number of nitrogens with zero attached hydrogens (tertiary/aromatic N) is 1. The molecule has 20 heavy (non-hydrogen) atoms. The second-order valence-corrected chi connectivity index (χ2v) is 7.10. The lowest BCUT2D eigenvalue weighted by molar-refractivity contribution is -0.148. The molecule has 3 atom stereocenters. The maximum Gasteiger partial charge on any atom is 0.228 e. The summed E-state index contributed by atoms with van der Waals surface area (Å²) in [5, 5.41) is 13.6. The Kier molecular flexibility index (Phi) is 5.08. The standard InChI is InChI=1S/C16H30N2O2/c1-16(2,12-7-6-10-17-11-12)15(20)18(3)13-8-4-5-9-14(13)19/h12-14,17,19H,4-11H2,1-3H3. The zero-order chi connectivity index (χ0) is 14.8. The SMILES string of the molecule is CN(C(=O)C(C)(C)C1CCCNC1)C1CCCCC1O. The van der Waals surface area contributed by atoms with Crippen molar-refractivity contribution in [2.45, 2.75) is 64.5 Å². The van der Waals surface area contributed by atoms with Crippen LogP contribution in [0.4, 0.5) is 0 Å². The molecule has 3 unspecified atom stereocenters. The molecule has 1 aliphatic heterocycles. The molecule has 0 spiro atoms. The van der Waals surface area contributed by atoms with Gasteiger partial charge in [0, 0.05) is 12.5 Å². The number of likely N-dealkylation sites (N-methyl/N-ethyl adjacent to an activating group) is 1. The van der Waals surface area contributed by atoms with Crippen LogP contribution < -0.4 is 5.32 Å². The van der Waals surface area contributed by atoms with Gasteiger partial charge in [-0.1, -0.05) is 26.7 Å². The van der Waals surface area contributed by atoms with Crippen molar-refractivity contribution in [3.8, 4) is 0 Å². The third-order valence-electron chi connectivity index (χ3n) is 5.38. The Balaban J connectivity index is 2.04. The van der Waals surface area contributed by atoms with E-state index in [9.17, 15) is 9.90 Å². The Labute approximate surface area is 122 Å². The molecule has 2 aliphatic rings. The highest BCUT2D eigenvalue weighted by Crippen LogP contribution is 2.35. The molecule has 0 radical (unpaired) electrons. The van der Waals surface area contributed by atoms with Crippen LogP contribution in [0.2, 0.25) is 0 Å². The van der Waals surface area contributed by atoms with E-state index in [4.69, 9.17) is 0 Å². The van der Waals surface area contributed by atoms with Crippen LogP contribution >= 0.6 is 0 Å². The maximum absolute atomic E-state index is 12.9. The summed E-state index contributed by atoms with van der Waals surface area (Å²) in [6.45, 7) is 6.13. The van der Waals surface area contributed by atoms with E-state index in [1.807, 2.05) is 11.9 Å². The number of amides is 1. The normalized spacial score (nSPS) is 31.9. The van der Waals surface area contributed by atoms with Crippen LogP contribution in [0.25, 0.3) is 0 Å². The van der Waals surface area contributed by atoms with E-state index in [-0.39, 0.29) is 23.5 Å². The fraction of sp³-hybridized carbons (Fsp3) is 0.938. The first-order valence-electron chi connectivity index (χ1n) is 8.10. The van der Waals surface area contributed by atoms with Crippen molar-refractivity contribution in [1.29, 1.82) is 0 Å².